The Balaban J connectivity index is 1.60. The zero-order valence-electron chi connectivity index (χ0n) is 16.4. The van der Waals surface area contributed by atoms with Crippen molar-refractivity contribution in [3.8, 4) is 22.6 Å². The Labute approximate surface area is 165 Å². The van der Waals surface area contributed by atoms with Gasteiger partial charge in [-0.3, -0.25) is 9.48 Å². The molecule has 0 saturated heterocycles. The Kier molecular flexibility index (Phi) is 6.32. The average Bonchev–Trinajstić information content (AvgIpc) is 3.15. The quantitative estimate of drug-likeness (QED) is 0.606. The molecule has 6 heteroatoms. The van der Waals surface area contributed by atoms with E-state index in [1.54, 1.807) is 14.2 Å². The van der Waals surface area contributed by atoms with Crippen LogP contribution in [0.1, 0.15) is 22.3 Å². The summed E-state index contributed by atoms with van der Waals surface area (Å²) in [4.78, 5) is 12.4. The van der Waals surface area contributed by atoms with Crippen molar-refractivity contribution in [1.82, 2.24) is 15.1 Å². The molecule has 6 nitrogen and oxygen atoms in total. The zero-order chi connectivity index (χ0) is 19.9. The number of ether oxygens (including phenoxy) is 2. The van der Waals surface area contributed by atoms with Crippen LogP contribution in [0.3, 0.4) is 0 Å². The highest BCUT2D eigenvalue weighted by atomic mass is 16.5. The second-order valence-corrected chi connectivity index (χ2v) is 6.53. The van der Waals surface area contributed by atoms with Crippen LogP contribution in [0, 0.1) is 6.92 Å². The van der Waals surface area contributed by atoms with Crippen molar-refractivity contribution in [2.24, 2.45) is 0 Å². The van der Waals surface area contributed by atoms with Crippen LogP contribution in [-0.2, 0) is 6.54 Å². The molecule has 1 N–H and O–H groups in total. The number of hydrogen-bond acceptors (Lipinski definition) is 4. The van der Waals surface area contributed by atoms with Gasteiger partial charge in [0.2, 0.25) is 0 Å². The Morgan fingerprint density at radius 3 is 2.54 bits per heavy atom. The highest BCUT2D eigenvalue weighted by Gasteiger charge is 2.10. The van der Waals surface area contributed by atoms with Crippen LogP contribution in [-0.4, -0.2) is 36.5 Å². The molecule has 2 aromatic carbocycles. The SMILES string of the molecule is COc1ccc(OC)c(-c2ccc(C(=O)NCCCn3cc(C)cn3)cc2)c1. The summed E-state index contributed by atoms with van der Waals surface area (Å²) in [5.74, 6) is 1.43. The fraction of sp³-hybridized carbons (Fsp3) is 0.273. The third-order valence-electron chi connectivity index (χ3n) is 4.48. The lowest BCUT2D eigenvalue weighted by Crippen LogP contribution is -2.25. The molecule has 0 spiro atoms. The van der Waals surface area contributed by atoms with Gasteiger partial charge in [-0.15, -0.1) is 0 Å². The van der Waals surface area contributed by atoms with Crippen molar-refractivity contribution in [2.75, 3.05) is 20.8 Å². The normalized spacial score (nSPS) is 10.5. The van der Waals surface area contributed by atoms with Crippen LogP contribution in [0.15, 0.2) is 54.9 Å². The third-order valence-corrected chi connectivity index (χ3v) is 4.48. The number of rotatable bonds is 8. The van der Waals surface area contributed by atoms with Gasteiger partial charge < -0.3 is 14.8 Å². The van der Waals surface area contributed by atoms with Crippen molar-refractivity contribution in [3.63, 3.8) is 0 Å². The van der Waals surface area contributed by atoms with Crippen molar-refractivity contribution < 1.29 is 14.3 Å². The highest BCUT2D eigenvalue weighted by Crippen LogP contribution is 2.33. The summed E-state index contributed by atoms with van der Waals surface area (Å²) in [7, 11) is 3.27. The van der Waals surface area contributed by atoms with E-state index in [1.165, 1.54) is 0 Å². The molecule has 28 heavy (non-hydrogen) atoms. The van der Waals surface area contributed by atoms with E-state index in [-0.39, 0.29) is 5.91 Å². The molecule has 0 saturated carbocycles. The van der Waals surface area contributed by atoms with E-state index < -0.39 is 0 Å². The van der Waals surface area contributed by atoms with Gasteiger partial charge in [0.1, 0.15) is 11.5 Å². The highest BCUT2D eigenvalue weighted by molar-refractivity contribution is 5.94. The Hall–Kier alpha value is -3.28. The maximum absolute atomic E-state index is 12.4. The lowest BCUT2D eigenvalue weighted by Gasteiger charge is -2.11. The van der Waals surface area contributed by atoms with Crippen LogP contribution in [0.5, 0.6) is 11.5 Å². The molecular weight excluding hydrogens is 354 g/mol. The van der Waals surface area contributed by atoms with Gasteiger partial charge in [0.25, 0.3) is 5.91 Å². The first kappa shape index (κ1) is 19.5. The van der Waals surface area contributed by atoms with Gasteiger partial charge in [0.15, 0.2) is 0 Å². The van der Waals surface area contributed by atoms with Gasteiger partial charge in [0.05, 0.1) is 20.4 Å². The molecule has 1 aromatic heterocycles. The molecule has 1 amide bonds. The van der Waals surface area contributed by atoms with E-state index in [2.05, 4.69) is 10.4 Å². The summed E-state index contributed by atoms with van der Waals surface area (Å²) in [5, 5.41) is 7.19. The van der Waals surface area contributed by atoms with Gasteiger partial charge in [-0.05, 0) is 54.8 Å². The first-order valence-corrected chi connectivity index (χ1v) is 9.20. The van der Waals surface area contributed by atoms with Crippen molar-refractivity contribution in [3.05, 3.63) is 66.0 Å². The van der Waals surface area contributed by atoms with Gasteiger partial charge in [0, 0.05) is 30.4 Å². The van der Waals surface area contributed by atoms with E-state index >= 15 is 0 Å². The molecular formula is C22H25N3O3. The minimum atomic E-state index is -0.0826. The predicted octanol–water partition coefficient (Wildman–Crippen LogP) is 3.70. The smallest absolute Gasteiger partial charge is 0.251 e. The number of nitrogens with zero attached hydrogens (tertiary/aromatic N) is 2. The van der Waals surface area contributed by atoms with E-state index in [9.17, 15) is 4.79 Å². The molecule has 0 aliphatic carbocycles. The average molecular weight is 379 g/mol. The van der Waals surface area contributed by atoms with Gasteiger partial charge in [-0.1, -0.05) is 12.1 Å². The van der Waals surface area contributed by atoms with E-state index in [4.69, 9.17) is 9.47 Å². The summed E-state index contributed by atoms with van der Waals surface area (Å²) < 4.78 is 12.6. The number of methoxy groups -OCH3 is 2. The van der Waals surface area contributed by atoms with Crippen molar-refractivity contribution >= 4 is 5.91 Å². The second kappa shape index (κ2) is 9.08. The van der Waals surface area contributed by atoms with Crippen LogP contribution in [0.4, 0.5) is 0 Å². The minimum Gasteiger partial charge on any atom is -0.497 e. The lowest BCUT2D eigenvalue weighted by molar-refractivity contribution is 0.0952. The Morgan fingerprint density at radius 2 is 1.89 bits per heavy atom. The standard InChI is InChI=1S/C22H25N3O3/c1-16-14-24-25(15-16)12-4-11-23-22(26)18-7-5-17(6-8-18)20-13-19(27-2)9-10-21(20)28-3/h5-10,13-15H,4,11-12H2,1-3H3,(H,23,26). The van der Waals surface area contributed by atoms with Crippen molar-refractivity contribution in [2.45, 2.75) is 19.9 Å². The summed E-state index contributed by atoms with van der Waals surface area (Å²) in [6, 6.07) is 13.1. The van der Waals surface area contributed by atoms with Crippen LogP contribution in [0.25, 0.3) is 11.1 Å². The molecule has 0 unspecified atom stereocenters. The summed E-state index contributed by atoms with van der Waals surface area (Å²) >= 11 is 0. The van der Waals surface area contributed by atoms with Gasteiger partial charge >= 0.3 is 0 Å². The number of aromatic nitrogens is 2. The van der Waals surface area contributed by atoms with Gasteiger partial charge in [-0.2, -0.15) is 5.10 Å². The largest absolute Gasteiger partial charge is 0.497 e. The molecule has 3 aromatic rings. The van der Waals surface area contributed by atoms with Gasteiger partial charge in [-0.25, -0.2) is 0 Å². The third kappa shape index (κ3) is 4.71. The number of benzene rings is 2. The molecule has 3 rings (SSSR count). The van der Waals surface area contributed by atoms with E-state index in [0.717, 1.165) is 41.2 Å². The topological polar surface area (TPSA) is 65.4 Å². The fourth-order valence-corrected chi connectivity index (χ4v) is 2.98. The molecule has 0 radical (unpaired) electrons. The van der Waals surface area contributed by atoms with E-state index in [1.807, 2.05) is 66.5 Å². The number of amides is 1. The fourth-order valence-electron chi connectivity index (χ4n) is 2.98. The van der Waals surface area contributed by atoms with E-state index in [0.29, 0.717) is 12.1 Å². The Morgan fingerprint density at radius 1 is 1.11 bits per heavy atom. The Bertz CT molecular complexity index is 932. The predicted molar refractivity (Wildman–Crippen MR) is 109 cm³/mol. The van der Waals surface area contributed by atoms with Crippen LogP contribution < -0.4 is 14.8 Å². The molecule has 0 fully saturated rings. The van der Waals surface area contributed by atoms with Crippen LogP contribution in [0.2, 0.25) is 0 Å². The molecule has 0 aliphatic heterocycles. The lowest BCUT2D eigenvalue weighted by atomic mass is 10.0. The molecule has 0 bridgehead atoms. The number of carbonyl (C=O) groups excluding carboxylic acids is 1. The monoisotopic (exact) mass is 379 g/mol. The molecule has 1 heterocycles. The zero-order valence-corrected chi connectivity index (χ0v) is 16.4. The summed E-state index contributed by atoms with van der Waals surface area (Å²) in [6.45, 7) is 3.39. The number of nitrogens with one attached hydrogen (secondary N) is 1. The van der Waals surface area contributed by atoms with Crippen LogP contribution >= 0.6 is 0 Å². The molecule has 0 aliphatic rings. The first-order valence-electron chi connectivity index (χ1n) is 9.20. The minimum absolute atomic E-state index is 0.0826. The molecule has 146 valence electrons. The maximum atomic E-state index is 12.4. The number of hydrogen-bond donors (Lipinski definition) is 1. The molecule has 0 atom stereocenters. The van der Waals surface area contributed by atoms with Crippen molar-refractivity contribution in [1.29, 1.82) is 0 Å². The summed E-state index contributed by atoms with van der Waals surface area (Å²) in [6.07, 6.45) is 4.65. The summed E-state index contributed by atoms with van der Waals surface area (Å²) in [5.41, 5.74) is 3.64. The number of carbonyl (C=O) groups is 1. The second-order valence-electron chi connectivity index (χ2n) is 6.53. The first-order chi connectivity index (χ1) is 13.6. The maximum Gasteiger partial charge on any atom is 0.251 e. The number of aryl methyl sites for hydroxylation is 2.